The smallest absolute Gasteiger partial charge is 0.0575 e. The third-order valence-electron chi connectivity index (χ3n) is 7.50. The predicted molar refractivity (Wildman–Crippen MR) is 133 cm³/mol. The van der Waals surface area contributed by atoms with E-state index >= 15 is 0 Å². The number of nitrogens with one attached hydrogen (secondary N) is 1. The molecule has 0 saturated carbocycles. The molecule has 4 aliphatic heterocycles. The van der Waals surface area contributed by atoms with Crippen molar-refractivity contribution in [3.63, 3.8) is 0 Å². The van der Waals surface area contributed by atoms with Gasteiger partial charge in [-0.1, -0.05) is 6.58 Å². The number of rotatable bonds is 3. The van der Waals surface area contributed by atoms with E-state index < -0.39 is 0 Å². The lowest BCUT2D eigenvalue weighted by molar-refractivity contribution is -0.130. The van der Waals surface area contributed by atoms with E-state index in [0.717, 1.165) is 64.7 Å². The highest BCUT2D eigenvalue weighted by Crippen LogP contribution is 2.34. The summed E-state index contributed by atoms with van der Waals surface area (Å²) in [5.74, 6) is 0. The van der Waals surface area contributed by atoms with Gasteiger partial charge in [-0.15, -0.1) is 0 Å². The molecule has 5 heterocycles. The summed E-state index contributed by atoms with van der Waals surface area (Å²) in [6.07, 6.45) is 3.77. The third kappa shape index (κ3) is 5.34. The first-order chi connectivity index (χ1) is 15.7. The van der Waals surface area contributed by atoms with Crippen LogP contribution < -0.4 is 5.32 Å². The molecule has 0 radical (unpaired) electrons. The summed E-state index contributed by atoms with van der Waals surface area (Å²) in [5.41, 5.74) is 3.11. The van der Waals surface area contributed by atoms with Gasteiger partial charge in [0.05, 0.1) is 32.0 Å². The lowest BCUT2D eigenvalue weighted by Gasteiger charge is -2.44. The van der Waals surface area contributed by atoms with Crippen molar-refractivity contribution in [2.45, 2.75) is 59.8 Å². The van der Waals surface area contributed by atoms with Gasteiger partial charge in [0.1, 0.15) is 0 Å². The summed E-state index contributed by atoms with van der Waals surface area (Å²) in [4.78, 5) is 5.04. The molecule has 8 nitrogen and oxygen atoms in total. The molecule has 3 saturated heterocycles. The number of hydrogen-bond acceptors (Lipinski definition) is 7. The molecule has 0 unspecified atom stereocenters. The zero-order valence-corrected chi connectivity index (χ0v) is 21.3. The van der Waals surface area contributed by atoms with Crippen LogP contribution in [0.25, 0.3) is 0 Å². The van der Waals surface area contributed by atoms with Crippen molar-refractivity contribution in [3.05, 3.63) is 30.2 Å². The van der Waals surface area contributed by atoms with E-state index in [9.17, 15) is 0 Å². The van der Waals surface area contributed by atoms with Crippen molar-refractivity contribution in [2.75, 3.05) is 52.5 Å². The third-order valence-corrected chi connectivity index (χ3v) is 7.50. The van der Waals surface area contributed by atoms with Gasteiger partial charge in [0, 0.05) is 80.3 Å². The van der Waals surface area contributed by atoms with E-state index in [1.807, 2.05) is 24.3 Å². The van der Waals surface area contributed by atoms with E-state index in [0.29, 0.717) is 17.5 Å². The molecule has 0 aliphatic carbocycles. The van der Waals surface area contributed by atoms with Crippen LogP contribution in [-0.4, -0.2) is 95.4 Å². The van der Waals surface area contributed by atoms with Crippen molar-refractivity contribution < 1.29 is 4.74 Å². The summed E-state index contributed by atoms with van der Waals surface area (Å²) in [6, 6.07) is 3.30. The Hall–Kier alpha value is -1.74. The molecule has 8 heteroatoms. The van der Waals surface area contributed by atoms with Gasteiger partial charge in [0.25, 0.3) is 0 Å². The van der Waals surface area contributed by atoms with Crippen LogP contribution in [0.1, 0.15) is 40.3 Å². The molecule has 1 aromatic heterocycles. The highest BCUT2D eigenvalue weighted by Gasteiger charge is 2.44. The van der Waals surface area contributed by atoms with E-state index in [-0.39, 0.29) is 5.41 Å². The first-order valence-corrected chi connectivity index (χ1v) is 12.5. The van der Waals surface area contributed by atoms with Gasteiger partial charge in [-0.2, -0.15) is 10.2 Å². The summed E-state index contributed by atoms with van der Waals surface area (Å²) in [7, 11) is 0. The van der Waals surface area contributed by atoms with Crippen LogP contribution in [0.4, 0.5) is 0 Å². The summed E-state index contributed by atoms with van der Waals surface area (Å²) in [5, 5.41) is 14.3. The predicted octanol–water partition coefficient (Wildman–Crippen LogP) is 2.25. The maximum absolute atomic E-state index is 5.43. The highest BCUT2D eigenvalue weighted by molar-refractivity contribution is 5.53. The van der Waals surface area contributed by atoms with E-state index in [2.05, 4.69) is 70.3 Å². The molecular formula is C25H43N7O. The Balaban J connectivity index is 0.000000157. The van der Waals surface area contributed by atoms with Crippen molar-refractivity contribution in [1.82, 2.24) is 29.9 Å². The van der Waals surface area contributed by atoms with Crippen molar-refractivity contribution in [3.8, 4) is 0 Å². The van der Waals surface area contributed by atoms with E-state index in [1.54, 1.807) is 0 Å². The minimum Gasteiger partial charge on any atom is -0.380 e. The normalized spacial score (nSPS) is 24.9. The fraction of sp³-hybridized carbons (Fsp3) is 0.760. The molecule has 4 aliphatic rings. The zero-order valence-electron chi connectivity index (χ0n) is 21.3. The Bertz CT molecular complexity index is 838. The van der Waals surface area contributed by atoms with E-state index in [1.165, 1.54) is 12.2 Å². The largest absolute Gasteiger partial charge is 0.380 e. The molecule has 0 amide bonds. The Morgan fingerprint density at radius 1 is 1.03 bits per heavy atom. The lowest BCUT2D eigenvalue weighted by Crippen LogP contribution is -2.60. The highest BCUT2D eigenvalue weighted by atomic mass is 16.5. The second kappa shape index (κ2) is 9.86. The Morgan fingerprint density at radius 2 is 1.70 bits per heavy atom. The second-order valence-electron chi connectivity index (χ2n) is 11.1. The zero-order chi connectivity index (χ0) is 23.6. The maximum atomic E-state index is 5.43. The average Bonchev–Trinajstić information content (AvgIpc) is 2.98. The van der Waals surface area contributed by atoms with Gasteiger partial charge in [-0.3, -0.25) is 19.5 Å². The monoisotopic (exact) mass is 457 g/mol. The number of hydrogen-bond donors (Lipinski definition) is 1. The Labute approximate surface area is 199 Å². The van der Waals surface area contributed by atoms with Gasteiger partial charge in [-0.05, 0) is 40.7 Å². The Morgan fingerprint density at radius 3 is 2.24 bits per heavy atom. The fourth-order valence-electron chi connectivity index (χ4n) is 5.25. The maximum Gasteiger partial charge on any atom is 0.0575 e. The molecule has 33 heavy (non-hydrogen) atoms. The number of aromatic nitrogens is 2. The van der Waals surface area contributed by atoms with Crippen LogP contribution in [0.3, 0.4) is 0 Å². The molecule has 0 atom stereocenters. The topological polar surface area (TPSA) is 61.2 Å². The first kappa shape index (κ1) is 24.4. The van der Waals surface area contributed by atoms with Gasteiger partial charge < -0.3 is 10.1 Å². The second-order valence-corrected chi connectivity index (χ2v) is 11.1. The molecule has 1 aromatic rings. The van der Waals surface area contributed by atoms with Crippen molar-refractivity contribution in [1.29, 1.82) is 0 Å². The minimum absolute atomic E-state index is 0.246. The van der Waals surface area contributed by atoms with Crippen LogP contribution in [0.2, 0.25) is 0 Å². The molecule has 5 rings (SSSR count). The van der Waals surface area contributed by atoms with Gasteiger partial charge in [-0.25, -0.2) is 0 Å². The van der Waals surface area contributed by atoms with Crippen LogP contribution in [-0.2, 0) is 17.8 Å². The SMILES string of the molecule is C=C1CN(C(C)C)CC2(COC2)CN1/N=C\C.CC(C)N1Cc2ccnn2CC2(CNC2)C1. The van der Waals surface area contributed by atoms with Gasteiger partial charge in [0.2, 0.25) is 0 Å². The van der Waals surface area contributed by atoms with Crippen LogP contribution in [0, 0.1) is 10.8 Å². The Kier molecular flexibility index (Phi) is 7.29. The van der Waals surface area contributed by atoms with E-state index in [4.69, 9.17) is 4.74 Å². The van der Waals surface area contributed by atoms with Crippen molar-refractivity contribution >= 4 is 6.21 Å². The summed E-state index contributed by atoms with van der Waals surface area (Å²) >= 11 is 0. The van der Waals surface area contributed by atoms with Crippen LogP contribution >= 0.6 is 0 Å². The lowest BCUT2D eigenvalue weighted by atomic mass is 9.81. The number of hydrazone groups is 1. The molecule has 3 fully saturated rings. The molecule has 2 spiro atoms. The van der Waals surface area contributed by atoms with Gasteiger partial charge >= 0.3 is 0 Å². The summed E-state index contributed by atoms with van der Waals surface area (Å²) < 4.78 is 7.62. The number of ether oxygens (including phenoxy) is 1. The van der Waals surface area contributed by atoms with Crippen LogP contribution in [0.5, 0.6) is 0 Å². The number of nitrogens with zero attached hydrogens (tertiary/aromatic N) is 6. The summed E-state index contributed by atoms with van der Waals surface area (Å²) in [6.45, 7) is 25.3. The first-order valence-electron chi connectivity index (χ1n) is 12.5. The minimum atomic E-state index is 0.246. The quantitative estimate of drug-likeness (QED) is 0.703. The molecule has 1 N–H and O–H groups in total. The molecule has 184 valence electrons. The average molecular weight is 458 g/mol. The van der Waals surface area contributed by atoms with Crippen molar-refractivity contribution in [2.24, 2.45) is 15.9 Å². The van der Waals surface area contributed by atoms with Gasteiger partial charge in [0.15, 0.2) is 0 Å². The fourth-order valence-corrected chi connectivity index (χ4v) is 5.25. The standard InChI is InChI=1S/C13H23N3O.C12H20N4/c1-5-14-16-8-13(9-17-10-13)7-15(11(2)3)6-12(16)4;1-10(2)15-5-11-3-4-14-16(11)9-12(8-15)6-13-7-12/h5,11H,4,6-10H2,1-3H3;3-4,10,13H,5-9H2,1-2H3/b14-5-;. The van der Waals surface area contributed by atoms with Crippen LogP contribution in [0.15, 0.2) is 29.6 Å². The number of fused-ring (bicyclic) bond motifs is 1. The molecule has 0 aromatic carbocycles. The molecule has 0 bridgehead atoms. The molecular weight excluding hydrogens is 414 g/mol.